The van der Waals surface area contributed by atoms with Crippen molar-refractivity contribution >= 4 is 22.7 Å². The van der Waals surface area contributed by atoms with Gasteiger partial charge in [0.2, 0.25) is 0 Å². The molecular formula is C11H14N4O3. The number of aromatic nitrogens is 2. The van der Waals surface area contributed by atoms with Crippen molar-refractivity contribution in [2.24, 2.45) is 0 Å². The quantitative estimate of drug-likeness (QED) is 0.608. The second-order valence-corrected chi connectivity index (χ2v) is 3.96. The number of ether oxygens (including phenoxy) is 1. The number of nitrogens with zero attached hydrogens (tertiary/aromatic N) is 1. The number of anilines is 1. The number of amides is 1. The number of carboxylic acid groups (broad SMARTS) is 1. The maximum absolute atomic E-state index is 10.4. The van der Waals surface area contributed by atoms with Crippen LogP contribution in [0, 0.1) is 0 Å². The van der Waals surface area contributed by atoms with Crippen molar-refractivity contribution in [3.05, 3.63) is 18.3 Å². The van der Waals surface area contributed by atoms with Crippen molar-refractivity contribution in [3.8, 4) is 5.75 Å². The van der Waals surface area contributed by atoms with Crippen molar-refractivity contribution in [1.29, 1.82) is 0 Å². The maximum atomic E-state index is 10.4. The van der Waals surface area contributed by atoms with Gasteiger partial charge in [0.05, 0.1) is 23.9 Å². The summed E-state index contributed by atoms with van der Waals surface area (Å²) in [4.78, 5) is 10.4. The highest BCUT2D eigenvalue weighted by atomic mass is 16.5. The molecule has 1 aromatic carbocycles. The minimum Gasteiger partial charge on any atom is -0.487 e. The zero-order chi connectivity index (χ0) is 13.1. The van der Waals surface area contributed by atoms with Gasteiger partial charge >= 0.3 is 6.09 Å². The van der Waals surface area contributed by atoms with Crippen LogP contribution in [-0.4, -0.2) is 34.0 Å². The summed E-state index contributed by atoms with van der Waals surface area (Å²) in [7, 11) is 0. The number of nitrogens with one attached hydrogen (secondary N) is 2. The highest BCUT2D eigenvalue weighted by Crippen LogP contribution is 2.27. The van der Waals surface area contributed by atoms with Gasteiger partial charge in [-0.25, -0.2) is 4.79 Å². The first-order valence-electron chi connectivity index (χ1n) is 5.42. The lowest BCUT2D eigenvalue weighted by atomic mass is 10.2. The maximum Gasteiger partial charge on any atom is 0.404 e. The van der Waals surface area contributed by atoms with E-state index in [1.54, 1.807) is 25.3 Å². The summed E-state index contributed by atoms with van der Waals surface area (Å²) < 4.78 is 5.57. The number of carbonyl (C=O) groups is 1. The van der Waals surface area contributed by atoms with E-state index in [9.17, 15) is 4.79 Å². The summed E-state index contributed by atoms with van der Waals surface area (Å²) in [5.41, 5.74) is 7.16. The molecule has 1 amide bonds. The number of aromatic amines is 1. The van der Waals surface area contributed by atoms with Gasteiger partial charge in [0.1, 0.15) is 11.9 Å². The van der Waals surface area contributed by atoms with E-state index < -0.39 is 6.09 Å². The summed E-state index contributed by atoms with van der Waals surface area (Å²) in [6.07, 6.45) is 0.274. The molecule has 96 valence electrons. The van der Waals surface area contributed by atoms with Crippen LogP contribution in [0.15, 0.2) is 18.3 Å². The van der Waals surface area contributed by atoms with E-state index in [1.165, 1.54) is 0 Å². The van der Waals surface area contributed by atoms with E-state index in [0.717, 1.165) is 10.9 Å². The molecule has 5 N–H and O–H groups in total. The molecule has 0 aliphatic rings. The molecule has 1 aromatic heterocycles. The topological polar surface area (TPSA) is 113 Å². The first-order valence-corrected chi connectivity index (χ1v) is 5.42. The molecule has 0 radical (unpaired) electrons. The van der Waals surface area contributed by atoms with Crippen LogP contribution in [0.3, 0.4) is 0 Å². The number of nitrogens with two attached hydrogens (primary N) is 1. The van der Waals surface area contributed by atoms with Gasteiger partial charge in [0.25, 0.3) is 0 Å². The highest BCUT2D eigenvalue weighted by Gasteiger charge is 2.10. The first-order chi connectivity index (χ1) is 8.56. The molecule has 2 rings (SSSR count). The molecule has 0 spiro atoms. The number of hydrogen-bond acceptors (Lipinski definition) is 4. The van der Waals surface area contributed by atoms with Crippen LogP contribution in [0.25, 0.3) is 10.9 Å². The third kappa shape index (κ3) is 2.62. The Morgan fingerprint density at radius 1 is 1.67 bits per heavy atom. The van der Waals surface area contributed by atoms with Gasteiger partial charge in [-0.1, -0.05) is 0 Å². The molecule has 0 aliphatic carbocycles. The Bertz CT molecular complexity index is 566. The third-order valence-electron chi connectivity index (χ3n) is 2.44. The van der Waals surface area contributed by atoms with Crippen molar-refractivity contribution in [2.75, 3.05) is 12.3 Å². The van der Waals surface area contributed by atoms with E-state index in [4.69, 9.17) is 15.6 Å². The van der Waals surface area contributed by atoms with Gasteiger partial charge in [-0.2, -0.15) is 5.10 Å². The Morgan fingerprint density at radius 3 is 3.17 bits per heavy atom. The molecule has 18 heavy (non-hydrogen) atoms. The van der Waals surface area contributed by atoms with Crippen LogP contribution < -0.4 is 15.8 Å². The fraction of sp³-hybridized carbons (Fsp3) is 0.273. The minimum atomic E-state index is -1.08. The minimum absolute atomic E-state index is 0.190. The Labute approximate surface area is 103 Å². The predicted molar refractivity (Wildman–Crippen MR) is 66.6 cm³/mol. The summed E-state index contributed by atoms with van der Waals surface area (Å²) in [6.45, 7) is 1.95. The SMILES string of the molecule is C[C@H](CNC(=O)O)Oc1cc2[nH]ncc2cc1N. The lowest BCUT2D eigenvalue weighted by molar-refractivity contribution is 0.179. The zero-order valence-electron chi connectivity index (χ0n) is 9.80. The number of nitrogen functional groups attached to an aromatic ring is 1. The van der Waals surface area contributed by atoms with Crippen LogP contribution in [0.5, 0.6) is 5.75 Å². The molecule has 1 atom stereocenters. The number of H-pyrrole nitrogens is 1. The molecule has 0 fully saturated rings. The monoisotopic (exact) mass is 250 g/mol. The summed E-state index contributed by atoms with van der Waals surface area (Å²) in [5, 5.41) is 18.4. The van der Waals surface area contributed by atoms with Crippen molar-refractivity contribution in [2.45, 2.75) is 13.0 Å². The number of hydrogen-bond donors (Lipinski definition) is 4. The van der Waals surface area contributed by atoms with Crippen LogP contribution in [0.2, 0.25) is 0 Å². The lowest BCUT2D eigenvalue weighted by Crippen LogP contribution is -2.32. The second-order valence-electron chi connectivity index (χ2n) is 3.96. The smallest absolute Gasteiger partial charge is 0.404 e. The molecular weight excluding hydrogens is 236 g/mol. The van der Waals surface area contributed by atoms with E-state index in [1.807, 2.05) is 0 Å². The van der Waals surface area contributed by atoms with Crippen molar-refractivity contribution in [1.82, 2.24) is 15.5 Å². The average molecular weight is 250 g/mol. The average Bonchev–Trinajstić information content (AvgIpc) is 2.74. The van der Waals surface area contributed by atoms with Crippen LogP contribution in [0.4, 0.5) is 10.5 Å². The van der Waals surface area contributed by atoms with Crippen LogP contribution in [0.1, 0.15) is 6.92 Å². The van der Waals surface area contributed by atoms with Crippen molar-refractivity contribution in [3.63, 3.8) is 0 Å². The number of rotatable bonds is 4. The molecule has 2 aromatic rings. The van der Waals surface area contributed by atoms with E-state index >= 15 is 0 Å². The Hall–Kier alpha value is -2.44. The molecule has 0 aliphatic heterocycles. The molecule has 1 heterocycles. The normalized spacial score (nSPS) is 12.3. The molecule has 0 unspecified atom stereocenters. The largest absolute Gasteiger partial charge is 0.487 e. The number of fused-ring (bicyclic) bond motifs is 1. The summed E-state index contributed by atoms with van der Waals surface area (Å²) >= 11 is 0. The van der Waals surface area contributed by atoms with E-state index in [2.05, 4.69) is 15.5 Å². The molecule has 0 saturated heterocycles. The van der Waals surface area contributed by atoms with Gasteiger partial charge in [-0.3, -0.25) is 5.10 Å². The molecule has 0 bridgehead atoms. The Kier molecular flexibility index (Phi) is 3.22. The molecule has 0 saturated carbocycles. The van der Waals surface area contributed by atoms with Crippen LogP contribution in [-0.2, 0) is 0 Å². The Morgan fingerprint density at radius 2 is 2.44 bits per heavy atom. The lowest BCUT2D eigenvalue weighted by Gasteiger charge is -2.16. The molecule has 7 nitrogen and oxygen atoms in total. The van der Waals surface area contributed by atoms with E-state index in [-0.39, 0.29) is 12.6 Å². The zero-order valence-corrected chi connectivity index (χ0v) is 9.80. The first kappa shape index (κ1) is 12.0. The fourth-order valence-corrected chi connectivity index (χ4v) is 1.58. The van der Waals surface area contributed by atoms with Gasteiger partial charge in [-0.15, -0.1) is 0 Å². The standard InChI is InChI=1S/C11H14N4O3/c1-6(4-13-11(16)17)18-10-3-9-7(2-8(10)12)5-14-15-9/h2-3,5-6,13H,4,12H2,1H3,(H,14,15)(H,16,17)/t6-/m1/s1. The molecule has 7 heteroatoms. The summed E-state index contributed by atoms with van der Waals surface area (Å²) in [5.74, 6) is 0.506. The van der Waals surface area contributed by atoms with Crippen LogP contribution >= 0.6 is 0 Å². The van der Waals surface area contributed by atoms with Gasteiger partial charge in [-0.05, 0) is 13.0 Å². The fourth-order valence-electron chi connectivity index (χ4n) is 1.58. The van der Waals surface area contributed by atoms with Gasteiger partial charge in [0.15, 0.2) is 0 Å². The van der Waals surface area contributed by atoms with Gasteiger partial charge in [0, 0.05) is 11.5 Å². The second kappa shape index (κ2) is 4.82. The van der Waals surface area contributed by atoms with Gasteiger partial charge < -0.3 is 20.9 Å². The van der Waals surface area contributed by atoms with Crippen molar-refractivity contribution < 1.29 is 14.6 Å². The predicted octanol–water partition coefficient (Wildman–Crippen LogP) is 1.18. The Balaban J connectivity index is 2.10. The van der Waals surface area contributed by atoms with E-state index in [0.29, 0.717) is 11.4 Å². The summed E-state index contributed by atoms with van der Waals surface area (Å²) in [6, 6.07) is 3.50. The number of benzene rings is 1. The highest BCUT2D eigenvalue weighted by molar-refractivity contribution is 5.84. The third-order valence-corrected chi connectivity index (χ3v) is 2.44.